The minimum Gasteiger partial charge on any atom is -0.463 e. The predicted molar refractivity (Wildman–Crippen MR) is 171 cm³/mol. The molecule has 0 saturated carbocycles. The summed E-state index contributed by atoms with van der Waals surface area (Å²) in [6.07, 6.45) is -3.73. The molecule has 0 spiro atoms. The summed E-state index contributed by atoms with van der Waals surface area (Å²) in [5.41, 5.74) is -0.839. The molecule has 0 unspecified atom stereocenters. The second kappa shape index (κ2) is 19.8. The van der Waals surface area contributed by atoms with Crippen molar-refractivity contribution in [1.82, 2.24) is 10.6 Å². The van der Waals surface area contributed by atoms with Crippen molar-refractivity contribution in [2.45, 2.75) is 103 Å². The van der Waals surface area contributed by atoms with Crippen LogP contribution in [0.1, 0.15) is 60.5 Å². The average Bonchev–Trinajstić information content (AvgIpc) is 2.97. The van der Waals surface area contributed by atoms with Crippen LogP contribution in [0.3, 0.4) is 0 Å². The first-order valence-electron chi connectivity index (χ1n) is 15.4. The molecular weight excluding hydrogens is 652 g/mol. The van der Waals surface area contributed by atoms with Gasteiger partial charge in [0.1, 0.15) is 36.4 Å². The molecule has 1 saturated heterocycles. The summed E-state index contributed by atoms with van der Waals surface area (Å²) in [5, 5.41) is 5.22. The standard InChI is InChI=1S/C32H46N2O13S/c1-19(35)33-26-28(45-22(4)38)27(44-21(3)37)25(18-42-20(2)36)46-30(26)48-15-11-14-41-17-24(34-31(40)47-32(5,6)7)29(39)43-16-23-12-9-8-10-13-23/h8-10,12-13,24-28,30H,11,14-18H2,1-7H3,(H,33,35)(H,34,40)/t24-,25+,26+,27-,28+,30+/m0/s1. The van der Waals surface area contributed by atoms with Gasteiger partial charge in [0.05, 0.1) is 6.61 Å². The van der Waals surface area contributed by atoms with E-state index in [4.69, 9.17) is 33.2 Å². The number of benzene rings is 1. The molecule has 15 nitrogen and oxygen atoms in total. The Bertz CT molecular complexity index is 1240. The lowest BCUT2D eigenvalue weighted by Crippen LogP contribution is -2.65. The Hall–Kier alpha value is -3.89. The van der Waals surface area contributed by atoms with Gasteiger partial charge in [0.15, 0.2) is 18.2 Å². The molecule has 6 atom stereocenters. The van der Waals surface area contributed by atoms with Crippen molar-refractivity contribution in [2.24, 2.45) is 0 Å². The first-order valence-corrected chi connectivity index (χ1v) is 16.4. The van der Waals surface area contributed by atoms with E-state index in [-0.39, 0.29) is 26.4 Å². The zero-order valence-electron chi connectivity index (χ0n) is 28.3. The maximum atomic E-state index is 12.9. The van der Waals surface area contributed by atoms with E-state index in [1.807, 2.05) is 18.2 Å². The van der Waals surface area contributed by atoms with Gasteiger partial charge in [-0.2, -0.15) is 0 Å². The summed E-state index contributed by atoms with van der Waals surface area (Å²) < 4.78 is 38.6. The molecule has 1 aliphatic heterocycles. The topological polar surface area (TPSA) is 191 Å². The number of esters is 4. The Morgan fingerprint density at radius 3 is 2.12 bits per heavy atom. The van der Waals surface area contributed by atoms with Crippen LogP contribution < -0.4 is 10.6 Å². The molecule has 1 aromatic rings. The van der Waals surface area contributed by atoms with Gasteiger partial charge in [0.25, 0.3) is 0 Å². The van der Waals surface area contributed by atoms with E-state index in [1.54, 1.807) is 32.9 Å². The molecule has 2 rings (SSSR count). The van der Waals surface area contributed by atoms with Gasteiger partial charge in [-0.3, -0.25) is 19.2 Å². The fourth-order valence-electron chi connectivity index (χ4n) is 4.44. The Labute approximate surface area is 284 Å². The van der Waals surface area contributed by atoms with Gasteiger partial charge in [-0.25, -0.2) is 9.59 Å². The normalized spacial score (nSPS) is 21.2. The quantitative estimate of drug-likeness (QED) is 0.145. The van der Waals surface area contributed by atoms with E-state index in [2.05, 4.69) is 10.6 Å². The Morgan fingerprint density at radius 2 is 1.54 bits per heavy atom. The fourth-order valence-corrected chi connectivity index (χ4v) is 5.61. The first kappa shape index (κ1) is 40.3. The number of ether oxygens (including phenoxy) is 7. The molecule has 268 valence electrons. The van der Waals surface area contributed by atoms with Crippen molar-refractivity contribution in [3.05, 3.63) is 35.9 Å². The lowest BCUT2D eigenvalue weighted by atomic mass is 9.97. The molecule has 16 heteroatoms. The fraction of sp³-hybridized carbons (Fsp3) is 0.625. The van der Waals surface area contributed by atoms with E-state index in [1.165, 1.54) is 39.5 Å². The largest absolute Gasteiger partial charge is 0.463 e. The molecule has 0 bridgehead atoms. The van der Waals surface area contributed by atoms with E-state index in [0.29, 0.717) is 12.2 Å². The van der Waals surface area contributed by atoms with Gasteiger partial charge in [0, 0.05) is 34.3 Å². The summed E-state index contributed by atoms with van der Waals surface area (Å²) >= 11 is 1.25. The lowest BCUT2D eigenvalue weighted by Gasteiger charge is -2.45. The molecule has 1 heterocycles. The summed E-state index contributed by atoms with van der Waals surface area (Å²) in [4.78, 5) is 72.9. The van der Waals surface area contributed by atoms with Gasteiger partial charge in [-0.1, -0.05) is 30.3 Å². The highest BCUT2D eigenvalue weighted by Gasteiger charge is 2.50. The van der Waals surface area contributed by atoms with Crippen LogP contribution in [-0.2, 0) is 63.7 Å². The van der Waals surface area contributed by atoms with E-state index in [0.717, 1.165) is 5.56 Å². The molecule has 0 radical (unpaired) electrons. The van der Waals surface area contributed by atoms with Crippen LogP contribution in [-0.4, -0.2) is 103 Å². The van der Waals surface area contributed by atoms with E-state index >= 15 is 0 Å². The Kier molecular flexibility index (Phi) is 16.6. The third-order valence-electron chi connectivity index (χ3n) is 6.27. The third-order valence-corrected chi connectivity index (χ3v) is 7.53. The SMILES string of the molecule is CC(=O)N[C@@H]1[C@@H](OC(C)=O)[C@@H](OC(C)=O)[C@@H](COC(C)=O)O[C@@H]1SCCCOC[C@H](NC(=O)OC(C)(C)C)C(=O)OCc1ccccc1. The van der Waals surface area contributed by atoms with Gasteiger partial charge in [0.2, 0.25) is 5.91 Å². The lowest BCUT2D eigenvalue weighted by molar-refractivity contribution is -0.211. The molecule has 2 N–H and O–H groups in total. The monoisotopic (exact) mass is 698 g/mol. The second-order valence-corrected chi connectivity index (χ2v) is 13.0. The number of nitrogens with one attached hydrogen (secondary N) is 2. The van der Waals surface area contributed by atoms with Crippen LogP contribution in [0.5, 0.6) is 0 Å². The van der Waals surface area contributed by atoms with Crippen LogP contribution in [0, 0.1) is 0 Å². The summed E-state index contributed by atoms with van der Waals surface area (Å²) in [5.74, 6) is -2.73. The third kappa shape index (κ3) is 15.3. The van der Waals surface area contributed by atoms with Crippen LogP contribution in [0.2, 0.25) is 0 Å². The molecule has 1 aromatic carbocycles. The molecular formula is C32H46N2O13S. The van der Waals surface area contributed by atoms with Crippen molar-refractivity contribution in [1.29, 1.82) is 0 Å². The van der Waals surface area contributed by atoms with Gasteiger partial charge in [-0.05, 0) is 38.5 Å². The minimum atomic E-state index is -1.18. The number of hydrogen-bond acceptors (Lipinski definition) is 14. The number of alkyl carbamates (subject to hydrolysis) is 1. The molecule has 2 amide bonds. The Morgan fingerprint density at radius 1 is 0.896 bits per heavy atom. The van der Waals surface area contributed by atoms with Crippen LogP contribution in [0.4, 0.5) is 4.79 Å². The number of hydrogen-bond donors (Lipinski definition) is 2. The molecule has 1 aliphatic rings. The molecule has 0 aromatic heterocycles. The zero-order valence-corrected chi connectivity index (χ0v) is 29.1. The van der Waals surface area contributed by atoms with E-state index in [9.17, 15) is 28.8 Å². The Balaban J connectivity index is 2.06. The molecule has 48 heavy (non-hydrogen) atoms. The first-order chi connectivity index (χ1) is 22.6. The maximum Gasteiger partial charge on any atom is 0.408 e. The van der Waals surface area contributed by atoms with Gasteiger partial charge >= 0.3 is 30.0 Å². The minimum absolute atomic E-state index is 0.00473. The maximum absolute atomic E-state index is 12.9. The van der Waals surface area contributed by atoms with Crippen molar-refractivity contribution >= 4 is 47.6 Å². The number of rotatable bonds is 16. The number of carbonyl (C=O) groups is 6. The molecule has 1 fully saturated rings. The van der Waals surface area contributed by atoms with Crippen molar-refractivity contribution < 1.29 is 61.9 Å². The number of carbonyl (C=O) groups excluding carboxylic acids is 6. The highest BCUT2D eigenvalue weighted by molar-refractivity contribution is 7.99. The number of thioether (sulfide) groups is 1. The summed E-state index contributed by atoms with van der Waals surface area (Å²) in [6, 6.07) is 6.98. The summed E-state index contributed by atoms with van der Waals surface area (Å²) in [6.45, 7) is 9.56. The van der Waals surface area contributed by atoms with Gasteiger partial charge < -0.3 is 43.8 Å². The highest BCUT2D eigenvalue weighted by atomic mass is 32.2. The predicted octanol–water partition coefficient (Wildman–Crippen LogP) is 2.42. The zero-order chi connectivity index (χ0) is 35.9. The van der Waals surface area contributed by atoms with Crippen LogP contribution >= 0.6 is 11.8 Å². The second-order valence-electron chi connectivity index (χ2n) is 11.8. The average molecular weight is 699 g/mol. The van der Waals surface area contributed by atoms with Crippen molar-refractivity contribution in [2.75, 3.05) is 25.6 Å². The van der Waals surface area contributed by atoms with Gasteiger partial charge in [-0.15, -0.1) is 11.8 Å². The smallest absolute Gasteiger partial charge is 0.408 e. The number of amides is 2. The molecule has 0 aliphatic carbocycles. The van der Waals surface area contributed by atoms with E-state index < -0.39 is 77.3 Å². The van der Waals surface area contributed by atoms with Crippen molar-refractivity contribution in [3.63, 3.8) is 0 Å². The highest BCUT2D eigenvalue weighted by Crippen LogP contribution is 2.33. The van der Waals surface area contributed by atoms with Crippen LogP contribution in [0.15, 0.2) is 30.3 Å². The van der Waals surface area contributed by atoms with Crippen molar-refractivity contribution in [3.8, 4) is 0 Å². The van der Waals surface area contributed by atoms with Crippen LogP contribution in [0.25, 0.3) is 0 Å². The summed E-state index contributed by atoms with van der Waals surface area (Å²) in [7, 11) is 0.